The summed E-state index contributed by atoms with van der Waals surface area (Å²) < 4.78 is 12.9. The highest BCUT2D eigenvalue weighted by Crippen LogP contribution is 2.34. The van der Waals surface area contributed by atoms with Crippen LogP contribution in [0.4, 0.5) is 0 Å². The van der Waals surface area contributed by atoms with Crippen molar-refractivity contribution in [3.8, 4) is 34.3 Å². The van der Waals surface area contributed by atoms with Gasteiger partial charge in [0.2, 0.25) is 5.89 Å². The number of benzene rings is 2. The van der Waals surface area contributed by atoms with Gasteiger partial charge in [-0.15, -0.1) is 10.2 Å². The molecule has 35 heavy (non-hydrogen) atoms. The molecule has 0 spiro atoms. The van der Waals surface area contributed by atoms with Gasteiger partial charge in [0.05, 0.1) is 18.5 Å². The average Bonchev–Trinajstić information content (AvgIpc) is 3.47. The second kappa shape index (κ2) is 10.5. The summed E-state index contributed by atoms with van der Waals surface area (Å²) in [5.41, 5.74) is 4.89. The largest absolute Gasteiger partial charge is 0.497 e. The third-order valence-corrected chi connectivity index (χ3v) is 6.02. The number of rotatable bonds is 9. The van der Waals surface area contributed by atoms with Crippen LogP contribution in [0.3, 0.4) is 0 Å². The summed E-state index contributed by atoms with van der Waals surface area (Å²) in [5.74, 6) is 1.67. The molecule has 0 radical (unpaired) electrons. The molecule has 0 saturated heterocycles. The number of nitrogens with zero attached hydrogens (tertiary/aromatic N) is 5. The van der Waals surface area contributed by atoms with Gasteiger partial charge in [-0.05, 0) is 68.8 Å². The number of hydrogen-bond acceptors (Lipinski definition) is 6. The summed E-state index contributed by atoms with van der Waals surface area (Å²) >= 11 is 0. The van der Waals surface area contributed by atoms with Gasteiger partial charge < -0.3 is 14.1 Å². The van der Waals surface area contributed by atoms with Crippen molar-refractivity contribution in [3.63, 3.8) is 0 Å². The monoisotopic (exact) mass is 473 g/mol. The van der Waals surface area contributed by atoms with Crippen LogP contribution in [0, 0.1) is 13.8 Å². The van der Waals surface area contributed by atoms with E-state index in [-0.39, 0.29) is 5.91 Å². The third kappa shape index (κ3) is 4.96. The molecule has 0 unspecified atom stereocenters. The summed E-state index contributed by atoms with van der Waals surface area (Å²) in [7, 11) is 1.64. The quantitative estimate of drug-likeness (QED) is 0.320. The van der Waals surface area contributed by atoms with Crippen LogP contribution in [-0.4, -0.2) is 51.0 Å². The molecule has 4 aromatic rings. The van der Waals surface area contributed by atoms with Gasteiger partial charge in [0.15, 0.2) is 5.69 Å². The Hall–Kier alpha value is -3.94. The molecule has 0 bridgehead atoms. The van der Waals surface area contributed by atoms with E-state index in [1.165, 1.54) is 0 Å². The van der Waals surface area contributed by atoms with E-state index in [2.05, 4.69) is 17.1 Å². The molecule has 1 amide bonds. The van der Waals surface area contributed by atoms with Crippen molar-refractivity contribution in [1.82, 2.24) is 24.9 Å². The Morgan fingerprint density at radius 2 is 1.74 bits per heavy atom. The van der Waals surface area contributed by atoms with Gasteiger partial charge in [-0.2, -0.15) is 5.10 Å². The highest BCUT2D eigenvalue weighted by Gasteiger charge is 2.22. The maximum absolute atomic E-state index is 13.0. The lowest BCUT2D eigenvalue weighted by atomic mass is 10.1. The predicted molar refractivity (Wildman–Crippen MR) is 135 cm³/mol. The van der Waals surface area contributed by atoms with E-state index < -0.39 is 0 Å². The van der Waals surface area contributed by atoms with Gasteiger partial charge >= 0.3 is 0 Å². The summed E-state index contributed by atoms with van der Waals surface area (Å²) in [6.45, 7) is 9.33. The second-order valence-electron chi connectivity index (χ2n) is 8.37. The first-order valence-corrected chi connectivity index (χ1v) is 11.9. The highest BCUT2D eigenvalue weighted by molar-refractivity contribution is 5.94. The zero-order valence-corrected chi connectivity index (χ0v) is 20.9. The lowest BCUT2D eigenvalue weighted by Gasteiger charge is -2.20. The summed E-state index contributed by atoms with van der Waals surface area (Å²) in [4.78, 5) is 14.9. The van der Waals surface area contributed by atoms with Gasteiger partial charge in [0, 0.05) is 36.7 Å². The SMILES string of the molecule is CCCCN(CC)C(=O)c1ccc(-n2nc(-c3nnc(C)o3)c(C)c2-c2ccc(OC)cc2)cc1. The van der Waals surface area contributed by atoms with E-state index in [1.807, 2.05) is 72.0 Å². The number of ether oxygens (including phenoxy) is 1. The van der Waals surface area contributed by atoms with Gasteiger partial charge in [0.1, 0.15) is 5.75 Å². The molecule has 0 saturated carbocycles. The minimum Gasteiger partial charge on any atom is -0.497 e. The number of methoxy groups -OCH3 is 1. The summed E-state index contributed by atoms with van der Waals surface area (Å²) in [6, 6.07) is 15.4. The number of amides is 1. The van der Waals surface area contributed by atoms with Crippen LogP contribution in [0.15, 0.2) is 52.9 Å². The molecule has 0 aliphatic carbocycles. The van der Waals surface area contributed by atoms with E-state index in [4.69, 9.17) is 14.3 Å². The van der Waals surface area contributed by atoms with Crippen molar-refractivity contribution < 1.29 is 13.9 Å². The molecule has 2 aromatic carbocycles. The van der Waals surface area contributed by atoms with Gasteiger partial charge in [0.25, 0.3) is 11.8 Å². The Kier molecular flexibility index (Phi) is 7.29. The molecular formula is C27H31N5O3. The Morgan fingerprint density at radius 1 is 1.03 bits per heavy atom. The van der Waals surface area contributed by atoms with Crippen LogP contribution in [0.5, 0.6) is 5.75 Å². The fraction of sp³-hybridized carbons (Fsp3) is 0.333. The number of carbonyl (C=O) groups excluding carboxylic acids is 1. The fourth-order valence-corrected chi connectivity index (χ4v) is 4.05. The van der Waals surface area contributed by atoms with Crippen molar-refractivity contribution in [2.24, 2.45) is 0 Å². The predicted octanol–water partition coefficient (Wildman–Crippen LogP) is 5.48. The van der Waals surface area contributed by atoms with Crippen molar-refractivity contribution in [3.05, 3.63) is 65.5 Å². The van der Waals surface area contributed by atoms with Gasteiger partial charge in [-0.3, -0.25) is 4.79 Å². The van der Waals surface area contributed by atoms with Crippen molar-refractivity contribution in [2.75, 3.05) is 20.2 Å². The smallest absolute Gasteiger partial charge is 0.268 e. The van der Waals surface area contributed by atoms with E-state index in [9.17, 15) is 4.79 Å². The van der Waals surface area contributed by atoms with E-state index in [0.717, 1.165) is 47.6 Å². The topological polar surface area (TPSA) is 86.3 Å². The number of aryl methyl sites for hydroxylation is 1. The lowest BCUT2D eigenvalue weighted by molar-refractivity contribution is 0.0762. The maximum atomic E-state index is 13.0. The van der Waals surface area contributed by atoms with E-state index >= 15 is 0 Å². The van der Waals surface area contributed by atoms with Crippen LogP contribution in [0.25, 0.3) is 28.5 Å². The minimum absolute atomic E-state index is 0.0431. The van der Waals surface area contributed by atoms with E-state index in [1.54, 1.807) is 14.0 Å². The number of hydrogen-bond donors (Lipinski definition) is 0. The van der Waals surface area contributed by atoms with Gasteiger partial charge in [-0.1, -0.05) is 13.3 Å². The molecule has 0 fully saturated rings. The molecule has 8 heteroatoms. The molecule has 2 aromatic heterocycles. The Labute approximate surface area is 205 Å². The van der Waals surface area contributed by atoms with Crippen molar-refractivity contribution in [1.29, 1.82) is 0 Å². The zero-order chi connectivity index (χ0) is 24.9. The maximum Gasteiger partial charge on any atom is 0.268 e. The second-order valence-corrected chi connectivity index (χ2v) is 8.37. The average molecular weight is 474 g/mol. The third-order valence-electron chi connectivity index (χ3n) is 6.02. The van der Waals surface area contributed by atoms with Crippen molar-refractivity contribution >= 4 is 5.91 Å². The molecule has 0 aliphatic heterocycles. The van der Waals surface area contributed by atoms with Crippen LogP contribution in [0.2, 0.25) is 0 Å². The van der Waals surface area contributed by atoms with Crippen LogP contribution in [0.1, 0.15) is 48.5 Å². The standard InChI is InChI=1S/C27H31N5O3/c1-6-8-17-31(7-2)27(33)21-9-13-22(14-10-21)32-25(20-11-15-23(34-5)16-12-20)18(3)24(30-32)26-29-28-19(4)35-26/h9-16H,6-8,17H2,1-5H3. The normalized spacial score (nSPS) is 11.0. The number of aromatic nitrogens is 4. The van der Waals surface area contributed by atoms with Crippen LogP contribution in [-0.2, 0) is 0 Å². The molecule has 0 N–H and O–H groups in total. The Bertz CT molecular complexity index is 1290. The van der Waals surface area contributed by atoms with Crippen molar-refractivity contribution in [2.45, 2.75) is 40.5 Å². The molecule has 182 valence electrons. The summed E-state index contributed by atoms with van der Waals surface area (Å²) in [6.07, 6.45) is 2.05. The molecule has 8 nitrogen and oxygen atoms in total. The molecule has 4 rings (SSSR count). The van der Waals surface area contributed by atoms with Crippen LogP contribution < -0.4 is 4.74 Å². The number of carbonyl (C=O) groups is 1. The van der Waals surface area contributed by atoms with Crippen LogP contribution >= 0.6 is 0 Å². The first-order chi connectivity index (χ1) is 17.0. The highest BCUT2D eigenvalue weighted by atomic mass is 16.5. The minimum atomic E-state index is 0.0431. The lowest BCUT2D eigenvalue weighted by Crippen LogP contribution is -2.31. The molecule has 0 aliphatic rings. The molecule has 2 heterocycles. The molecular weight excluding hydrogens is 442 g/mol. The zero-order valence-electron chi connectivity index (χ0n) is 20.9. The van der Waals surface area contributed by atoms with E-state index in [0.29, 0.717) is 29.6 Å². The Morgan fingerprint density at radius 3 is 2.31 bits per heavy atom. The first-order valence-electron chi connectivity index (χ1n) is 11.9. The fourth-order valence-electron chi connectivity index (χ4n) is 4.05. The Balaban J connectivity index is 1.76. The van der Waals surface area contributed by atoms with Gasteiger partial charge in [-0.25, -0.2) is 4.68 Å². The summed E-state index contributed by atoms with van der Waals surface area (Å²) in [5, 5.41) is 13.0. The first kappa shape index (κ1) is 24.2. The molecule has 0 atom stereocenters. The number of unbranched alkanes of at least 4 members (excludes halogenated alkanes) is 1.